The molecule has 0 saturated carbocycles. The Morgan fingerprint density at radius 1 is 1.03 bits per heavy atom. The number of hydrogen-bond acceptors (Lipinski definition) is 4. The lowest BCUT2D eigenvalue weighted by atomic mass is 10.2. The number of halogens is 4. The van der Waals surface area contributed by atoms with E-state index >= 15 is 0 Å². The van der Waals surface area contributed by atoms with Gasteiger partial charge in [0.25, 0.3) is 5.91 Å². The second-order valence-electron chi connectivity index (χ2n) is 7.78. The van der Waals surface area contributed by atoms with E-state index in [-0.39, 0.29) is 5.91 Å². The number of amides is 1. The molecule has 1 fully saturated rings. The third-order valence-electron chi connectivity index (χ3n) is 5.39. The van der Waals surface area contributed by atoms with Gasteiger partial charge in [-0.2, -0.15) is 5.10 Å². The molecule has 0 spiro atoms. The number of carbonyl (C=O) groups excluding carboxylic acids is 1. The molecule has 3 aromatic carbocycles. The van der Waals surface area contributed by atoms with Crippen molar-refractivity contribution in [1.82, 2.24) is 5.43 Å². The fourth-order valence-electron chi connectivity index (χ4n) is 3.61. The van der Waals surface area contributed by atoms with Crippen LogP contribution in [0.1, 0.15) is 34.3 Å². The van der Waals surface area contributed by atoms with Gasteiger partial charge < -0.3 is 9.64 Å². The van der Waals surface area contributed by atoms with Crippen LogP contribution < -0.4 is 15.1 Å². The van der Waals surface area contributed by atoms with Gasteiger partial charge in [-0.05, 0) is 112 Å². The number of nitrogens with zero attached hydrogens (tertiary/aromatic N) is 2. The van der Waals surface area contributed by atoms with Crippen molar-refractivity contribution in [3.05, 3.63) is 88.5 Å². The van der Waals surface area contributed by atoms with Gasteiger partial charge in [0.2, 0.25) is 0 Å². The second-order valence-corrected chi connectivity index (χ2v) is 10.9. The van der Waals surface area contributed by atoms with Crippen LogP contribution >= 0.6 is 68.4 Å². The van der Waals surface area contributed by atoms with Crippen LogP contribution in [0.4, 0.5) is 5.69 Å². The van der Waals surface area contributed by atoms with Crippen LogP contribution in [0.2, 0.25) is 10.0 Å². The van der Waals surface area contributed by atoms with Crippen molar-refractivity contribution in [2.24, 2.45) is 5.10 Å². The Balaban J connectivity index is 1.36. The molecule has 1 N–H and O–H groups in total. The molecule has 5 nitrogen and oxygen atoms in total. The van der Waals surface area contributed by atoms with Gasteiger partial charge in [-0.15, -0.1) is 0 Å². The molecule has 0 aromatic heterocycles. The highest BCUT2D eigenvalue weighted by Crippen LogP contribution is 2.30. The van der Waals surface area contributed by atoms with E-state index in [0.29, 0.717) is 22.2 Å². The summed E-state index contributed by atoms with van der Waals surface area (Å²) in [7, 11) is 0. The van der Waals surface area contributed by atoms with Gasteiger partial charge in [0, 0.05) is 39.9 Å². The Morgan fingerprint density at radius 3 is 2.35 bits per heavy atom. The molecule has 0 bridgehead atoms. The molecule has 0 atom stereocenters. The van der Waals surface area contributed by atoms with Crippen molar-refractivity contribution in [3.8, 4) is 5.75 Å². The maximum Gasteiger partial charge on any atom is 0.271 e. The predicted molar refractivity (Wildman–Crippen MR) is 156 cm³/mol. The molecule has 9 heteroatoms. The number of ether oxygens (including phenoxy) is 1. The zero-order valence-electron chi connectivity index (χ0n) is 18.0. The second kappa shape index (κ2) is 11.9. The van der Waals surface area contributed by atoms with Crippen molar-refractivity contribution in [2.45, 2.75) is 19.4 Å². The molecule has 176 valence electrons. The van der Waals surface area contributed by atoms with E-state index in [1.807, 2.05) is 42.5 Å². The summed E-state index contributed by atoms with van der Waals surface area (Å²) in [5.41, 5.74) is 6.05. The van der Waals surface area contributed by atoms with Crippen LogP contribution in [-0.4, -0.2) is 25.2 Å². The van der Waals surface area contributed by atoms with E-state index in [9.17, 15) is 4.79 Å². The predicted octanol–water partition coefficient (Wildman–Crippen LogP) is 7.15. The molecule has 34 heavy (non-hydrogen) atoms. The largest absolute Gasteiger partial charge is 0.487 e. The lowest BCUT2D eigenvalue weighted by Crippen LogP contribution is -2.19. The number of benzene rings is 3. The van der Waals surface area contributed by atoms with E-state index in [4.69, 9.17) is 27.9 Å². The first-order chi connectivity index (χ1) is 16.4. The zero-order chi connectivity index (χ0) is 24.1. The van der Waals surface area contributed by atoms with E-state index < -0.39 is 0 Å². The molecule has 4 rings (SSSR count). The van der Waals surface area contributed by atoms with Crippen LogP contribution in [0.3, 0.4) is 0 Å². The molecule has 0 aliphatic carbocycles. The molecule has 0 unspecified atom stereocenters. The third-order valence-corrected chi connectivity index (χ3v) is 7.58. The first-order valence-electron chi connectivity index (χ1n) is 10.6. The molecule has 3 aromatic rings. The summed E-state index contributed by atoms with van der Waals surface area (Å²) in [4.78, 5) is 14.8. The van der Waals surface area contributed by atoms with Gasteiger partial charge >= 0.3 is 0 Å². The molecule has 1 heterocycles. The molecule has 1 saturated heterocycles. The van der Waals surface area contributed by atoms with Crippen molar-refractivity contribution in [3.63, 3.8) is 0 Å². The summed E-state index contributed by atoms with van der Waals surface area (Å²) >= 11 is 16.7. The van der Waals surface area contributed by atoms with Crippen molar-refractivity contribution in [1.29, 1.82) is 0 Å². The Labute approximate surface area is 236 Å². The van der Waals surface area contributed by atoms with Crippen LogP contribution in [-0.2, 0) is 6.61 Å². The summed E-state index contributed by atoms with van der Waals surface area (Å²) in [6.45, 7) is 2.49. The van der Waals surface area contributed by atoms with E-state index in [1.165, 1.54) is 12.8 Å². The number of hydrogen-bond donors (Lipinski definition) is 1. The van der Waals surface area contributed by atoms with E-state index in [1.54, 1.807) is 18.3 Å². The minimum Gasteiger partial charge on any atom is -0.487 e. The van der Waals surface area contributed by atoms with Crippen LogP contribution in [0.5, 0.6) is 5.75 Å². The monoisotopic (exact) mass is 719 g/mol. The van der Waals surface area contributed by atoms with E-state index in [2.05, 4.69) is 60.6 Å². The Morgan fingerprint density at radius 2 is 1.71 bits per heavy atom. The van der Waals surface area contributed by atoms with Gasteiger partial charge in [-0.3, -0.25) is 4.79 Å². The molecular weight excluding hydrogens is 699 g/mol. The maximum absolute atomic E-state index is 12.4. The minimum absolute atomic E-state index is 0.242. The van der Waals surface area contributed by atoms with Gasteiger partial charge in [0.15, 0.2) is 0 Å². The lowest BCUT2D eigenvalue weighted by molar-refractivity contribution is 0.0955. The Kier molecular flexibility index (Phi) is 8.95. The number of nitrogens with one attached hydrogen (secondary N) is 1. The maximum atomic E-state index is 12.4. The third kappa shape index (κ3) is 6.56. The fourth-order valence-corrected chi connectivity index (χ4v) is 6.20. The SMILES string of the molecule is O=C(N/N=C\c1cc(I)c(OCc2ccc(Cl)cc2Cl)c(I)c1)c1ccc(N2CCCC2)cc1. The normalized spacial score (nSPS) is 13.5. The molecule has 0 radical (unpaired) electrons. The number of hydrazone groups is 1. The van der Waals surface area contributed by atoms with Gasteiger partial charge in [0.1, 0.15) is 12.4 Å². The van der Waals surface area contributed by atoms with Crippen LogP contribution in [0.15, 0.2) is 59.7 Å². The smallest absolute Gasteiger partial charge is 0.271 e. The molecular formula is C25H21Cl2I2N3O2. The summed E-state index contributed by atoms with van der Waals surface area (Å²) in [6.07, 6.45) is 4.07. The lowest BCUT2D eigenvalue weighted by Gasteiger charge is -2.17. The number of rotatable bonds is 7. The fraction of sp³-hybridized carbons (Fsp3) is 0.200. The highest BCUT2D eigenvalue weighted by Gasteiger charge is 2.13. The first-order valence-corrected chi connectivity index (χ1v) is 13.6. The molecule has 1 aliphatic heterocycles. The minimum atomic E-state index is -0.242. The summed E-state index contributed by atoms with van der Waals surface area (Å²) in [5.74, 6) is 0.528. The van der Waals surface area contributed by atoms with Crippen LogP contribution in [0.25, 0.3) is 0 Å². The standard InChI is InChI=1S/C25H21Cl2I2N3O2/c26-19-6-3-18(21(27)13-19)15-34-24-22(28)11-16(12-23(24)29)14-30-31-25(33)17-4-7-20(8-5-17)32-9-1-2-10-32/h3-8,11-14H,1-2,9-10,15H2,(H,31,33)/b30-14-. The molecule has 1 aliphatic rings. The highest BCUT2D eigenvalue weighted by molar-refractivity contribution is 14.1. The Bertz CT molecular complexity index is 1190. The topological polar surface area (TPSA) is 53.9 Å². The highest BCUT2D eigenvalue weighted by atomic mass is 127. The first kappa shape index (κ1) is 25.5. The van der Waals surface area contributed by atoms with Crippen LogP contribution in [0, 0.1) is 7.14 Å². The van der Waals surface area contributed by atoms with Gasteiger partial charge in [-0.25, -0.2) is 5.43 Å². The quantitative estimate of drug-likeness (QED) is 0.161. The van der Waals surface area contributed by atoms with E-state index in [0.717, 1.165) is 42.8 Å². The van der Waals surface area contributed by atoms with Gasteiger partial charge in [-0.1, -0.05) is 29.3 Å². The zero-order valence-corrected chi connectivity index (χ0v) is 23.9. The summed E-state index contributed by atoms with van der Waals surface area (Å²) in [6, 6.07) is 16.9. The summed E-state index contributed by atoms with van der Waals surface area (Å²) < 4.78 is 7.88. The van der Waals surface area contributed by atoms with Crippen molar-refractivity contribution >= 4 is 86.2 Å². The average molecular weight is 720 g/mol. The molecule has 1 amide bonds. The van der Waals surface area contributed by atoms with Gasteiger partial charge in [0.05, 0.1) is 13.4 Å². The number of carbonyl (C=O) groups is 1. The average Bonchev–Trinajstić information content (AvgIpc) is 3.35. The number of anilines is 1. The van der Waals surface area contributed by atoms with Crippen molar-refractivity contribution in [2.75, 3.05) is 18.0 Å². The summed E-state index contributed by atoms with van der Waals surface area (Å²) in [5, 5.41) is 5.29. The van der Waals surface area contributed by atoms with Crippen molar-refractivity contribution < 1.29 is 9.53 Å². The Hall–Kier alpha value is -1.56.